The zero-order valence-electron chi connectivity index (χ0n) is 11.7. The first kappa shape index (κ1) is 14.5. The molecule has 0 spiro atoms. The Labute approximate surface area is 117 Å². The third-order valence-corrected chi connectivity index (χ3v) is 3.40. The van der Waals surface area contributed by atoms with Gasteiger partial charge in [-0.05, 0) is 37.6 Å². The molecule has 0 N–H and O–H groups in total. The van der Waals surface area contributed by atoms with Crippen molar-refractivity contribution < 1.29 is 18.7 Å². The van der Waals surface area contributed by atoms with Crippen LogP contribution in [-0.2, 0) is 9.53 Å². The lowest BCUT2D eigenvalue weighted by molar-refractivity contribution is -0.127. The molecular formula is C15H18FNO3. The molecule has 1 heterocycles. The van der Waals surface area contributed by atoms with Crippen molar-refractivity contribution in [1.29, 1.82) is 0 Å². The Morgan fingerprint density at radius 2 is 2.20 bits per heavy atom. The Balaban J connectivity index is 1.91. The Bertz CT molecular complexity index is 510. The Hall–Kier alpha value is -1.91. The van der Waals surface area contributed by atoms with Crippen LogP contribution >= 0.6 is 0 Å². The van der Waals surface area contributed by atoms with E-state index in [1.807, 2.05) is 6.92 Å². The molecular weight excluding hydrogens is 261 g/mol. The fraction of sp³-hybridized carbons (Fsp3) is 0.467. The van der Waals surface area contributed by atoms with E-state index in [1.165, 1.54) is 6.07 Å². The van der Waals surface area contributed by atoms with Crippen LogP contribution in [0.1, 0.15) is 29.3 Å². The molecule has 1 atom stereocenters. The number of nitrogens with zero attached hydrogens (tertiary/aromatic N) is 1. The number of amides is 1. The normalized spacial score (nSPS) is 18.4. The van der Waals surface area contributed by atoms with Gasteiger partial charge in [-0.15, -0.1) is 0 Å². The standard InChI is InChI=1S/C15H18FNO3/c1-3-17-8-11(6-14(17)18)9-20-15(19)12-4-10(2)5-13(16)7-12/h4-5,7,11H,3,6,8-9H2,1-2H3/t11-/m1/s1. The number of aryl methyl sites for hydroxylation is 1. The third-order valence-electron chi connectivity index (χ3n) is 3.40. The SMILES string of the molecule is CCN1C[C@H](COC(=O)c2cc(C)cc(F)c2)CC1=O. The molecule has 0 bridgehead atoms. The molecule has 1 aromatic carbocycles. The lowest BCUT2D eigenvalue weighted by Gasteiger charge is -2.13. The van der Waals surface area contributed by atoms with Crippen LogP contribution in [0.15, 0.2) is 18.2 Å². The largest absolute Gasteiger partial charge is 0.462 e. The third kappa shape index (κ3) is 3.35. The minimum atomic E-state index is -0.546. The molecule has 4 nitrogen and oxygen atoms in total. The predicted octanol–water partition coefficient (Wildman–Crippen LogP) is 2.16. The number of likely N-dealkylation sites (tertiary alicyclic amines) is 1. The van der Waals surface area contributed by atoms with Gasteiger partial charge in [0.05, 0.1) is 12.2 Å². The number of hydrogen-bond donors (Lipinski definition) is 0. The summed E-state index contributed by atoms with van der Waals surface area (Å²) in [5.74, 6) is -0.878. The van der Waals surface area contributed by atoms with Crippen LogP contribution in [0.25, 0.3) is 0 Å². The van der Waals surface area contributed by atoms with Gasteiger partial charge in [-0.2, -0.15) is 0 Å². The second-order valence-electron chi connectivity index (χ2n) is 5.12. The van der Waals surface area contributed by atoms with Crippen molar-refractivity contribution in [2.45, 2.75) is 20.3 Å². The van der Waals surface area contributed by atoms with Crippen LogP contribution in [0.5, 0.6) is 0 Å². The highest BCUT2D eigenvalue weighted by Crippen LogP contribution is 2.18. The Morgan fingerprint density at radius 3 is 2.80 bits per heavy atom. The monoisotopic (exact) mass is 279 g/mol. The molecule has 0 aromatic heterocycles. The molecule has 1 saturated heterocycles. The maximum absolute atomic E-state index is 13.2. The first-order chi connectivity index (χ1) is 9.49. The van der Waals surface area contributed by atoms with E-state index in [2.05, 4.69) is 0 Å². The number of ether oxygens (including phenoxy) is 1. The highest BCUT2D eigenvalue weighted by Gasteiger charge is 2.29. The molecule has 1 aliphatic rings. The summed E-state index contributed by atoms with van der Waals surface area (Å²) in [6.45, 7) is 5.12. The first-order valence-corrected chi connectivity index (χ1v) is 6.71. The topological polar surface area (TPSA) is 46.6 Å². The summed E-state index contributed by atoms with van der Waals surface area (Å²) in [6.07, 6.45) is 0.406. The second-order valence-corrected chi connectivity index (χ2v) is 5.12. The molecule has 0 aliphatic carbocycles. The van der Waals surface area contributed by atoms with Crippen LogP contribution in [0.4, 0.5) is 4.39 Å². The number of carbonyl (C=O) groups is 2. The van der Waals surface area contributed by atoms with Gasteiger partial charge in [0.15, 0.2) is 0 Å². The van der Waals surface area contributed by atoms with Crippen molar-refractivity contribution >= 4 is 11.9 Å². The minimum absolute atomic E-state index is 0.0288. The molecule has 1 aromatic rings. The van der Waals surface area contributed by atoms with Gasteiger partial charge in [-0.25, -0.2) is 9.18 Å². The maximum atomic E-state index is 13.2. The molecule has 0 radical (unpaired) electrons. The summed E-state index contributed by atoms with van der Waals surface area (Å²) in [5.41, 5.74) is 0.879. The maximum Gasteiger partial charge on any atom is 0.338 e. The van der Waals surface area contributed by atoms with Gasteiger partial charge in [0.25, 0.3) is 0 Å². The Morgan fingerprint density at radius 1 is 1.45 bits per heavy atom. The average molecular weight is 279 g/mol. The number of esters is 1. The molecule has 108 valence electrons. The molecule has 1 fully saturated rings. The van der Waals surface area contributed by atoms with Crippen molar-refractivity contribution in [3.05, 3.63) is 35.1 Å². The summed E-state index contributed by atoms with van der Waals surface area (Å²) in [4.78, 5) is 25.1. The van der Waals surface area contributed by atoms with Crippen LogP contribution in [-0.4, -0.2) is 36.5 Å². The predicted molar refractivity (Wildman–Crippen MR) is 71.8 cm³/mol. The van der Waals surface area contributed by atoms with Crippen molar-refractivity contribution in [2.75, 3.05) is 19.7 Å². The van der Waals surface area contributed by atoms with E-state index in [-0.39, 0.29) is 24.0 Å². The molecule has 2 rings (SSSR count). The van der Waals surface area contributed by atoms with Gasteiger partial charge in [0.1, 0.15) is 5.82 Å². The number of hydrogen-bond acceptors (Lipinski definition) is 3. The van der Waals surface area contributed by atoms with Crippen LogP contribution in [0.2, 0.25) is 0 Å². The van der Waals surface area contributed by atoms with Crippen LogP contribution in [0.3, 0.4) is 0 Å². The van der Waals surface area contributed by atoms with Crippen LogP contribution in [0, 0.1) is 18.7 Å². The van der Waals surface area contributed by atoms with Crippen molar-refractivity contribution in [3.63, 3.8) is 0 Å². The number of benzene rings is 1. The lowest BCUT2D eigenvalue weighted by atomic mass is 10.1. The van der Waals surface area contributed by atoms with E-state index < -0.39 is 11.8 Å². The lowest BCUT2D eigenvalue weighted by Crippen LogP contribution is -2.25. The van der Waals surface area contributed by atoms with Crippen molar-refractivity contribution in [3.8, 4) is 0 Å². The van der Waals surface area contributed by atoms with Gasteiger partial charge in [-0.1, -0.05) is 0 Å². The second kappa shape index (κ2) is 6.03. The Kier molecular flexibility index (Phi) is 4.37. The molecule has 1 aliphatic heterocycles. The first-order valence-electron chi connectivity index (χ1n) is 6.71. The molecule has 5 heteroatoms. The zero-order chi connectivity index (χ0) is 14.7. The van der Waals surface area contributed by atoms with E-state index in [0.29, 0.717) is 25.1 Å². The van der Waals surface area contributed by atoms with Gasteiger partial charge >= 0.3 is 5.97 Å². The average Bonchev–Trinajstić information content (AvgIpc) is 2.75. The minimum Gasteiger partial charge on any atom is -0.462 e. The van der Waals surface area contributed by atoms with Gasteiger partial charge in [-0.3, -0.25) is 4.79 Å². The summed E-state index contributed by atoms with van der Waals surface area (Å²) in [5, 5.41) is 0. The number of halogens is 1. The van der Waals surface area contributed by atoms with E-state index in [1.54, 1.807) is 17.9 Å². The highest BCUT2D eigenvalue weighted by atomic mass is 19.1. The summed E-state index contributed by atoms with van der Waals surface area (Å²) >= 11 is 0. The smallest absolute Gasteiger partial charge is 0.338 e. The van der Waals surface area contributed by atoms with E-state index in [4.69, 9.17) is 4.74 Å². The molecule has 0 unspecified atom stereocenters. The van der Waals surface area contributed by atoms with Crippen LogP contribution < -0.4 is 0 Å². The van der Waals surface area contributed by atoms with Gasteiger partial charge in [0.2, 0.25) is 5.91 Å². The van der Waals surface area contributed by atoms with Gasteiger partial charge in [0, 0.05) is 25.4 Å². The molecule has 0 saturated carbocycles. The number of carbonyl (C=O) groups excluding carboxylic acids is 2. The van der Waals surface area contributed by atoms with Crippen molar-refractivity contribution in [2.24, 2.45) is 5.92 Å². The molecule has 20 heavy (non-hydrogen) atoms. The van der Waals surface area contributed by atoms with E-state index >= 15 is 0 Å². The summed E-state index contributed by atoms with van der Waals surface area (Å²) < 4.78 is 18.4. The van der Waals surface area contributed by atoms with E-state index in [0.717, 1.165) is 6.07 Å². The quantitative estimate of drug-likeness (QED) is 0.793. The van der Waals surface area contributed by atoms with Gasteiger partial charge < -0.3 is 9.64 Å². The fourth-order valence-electron chi connectivity index (χ4n) is 2.40. The molecule has 1 amide bonds. The van der Waals surface area contributed by atoms with E-state index in [9.17, 15) is 14.0 Å². The zero-order valence-corrected chi connectivity index (χ0v) is 11.7. The number of rotatable bonds is 4. The highest BCUT2D eigenvalue weighted by molar-refractivity contribution is 5.89. The summed E-state index contributed by atoms with van der Waals surface area (Å²) in [6, 6.07) is 4.10. The fourth-order valence-corrected chi connectivity index (χ4v) is 2.40. The summed E-state index contributed by atoms with van der Waals surface area (Å²) in [7, 11) is 0. The van der Waals surface area contributed by atoms with Crippen molar-refractivity contribution in [1.82, 2.24) is 4.90 Å².